The van der Waals surface area contributed by atoms with Crippen molar-refractivity contribution < 1.29 is 39.1 Å². The van der Waals surface area contributed by atoms with Crippen molar-refractivity contribution in [1.82, 2.24) is 20.1 Å². The topological polar surface area (TPSA) is 149 Å². The molecule has 7 atom stereocenters. The molecule has 0 aliphatic carbocycles. The fourth-order valence-electron chi connectivity index (χ4n) is 10.1. The second kappa shape index (κ2) is 10.9. The van der Waals surface area contributed by atoms with Crippen LogP contribution in [-0.2, 0) is 27.9 Å². The minimum Gasteiger partial charge on any atom is -0.507 e. The predicted octanol–water partition coefficient (Wildman–Crippen LogP) is 3.96. The third-order valence-corrected chi connectivity index (χ3v) is 13.9. The van der Waals surface area contributed by atoms with E-state index in [0.717, 1.165) is 45.3 Å². The number of phenolic OH excluding ortho intramolecular Hbond substituents is 2. The van der Waals surface area contributed by atoms with Crippen LogP contribution in [0.4, 0.5) is 0 Å². The van der Waals surface area contributed by atoms with Crippen molar-refractivity contribution in [3.05, 3.63) is 75.0 Å². The Morgan fingerprint density at radius 2 is 1.86 bits per heavy atom. The van der Waals surface area contributed by atoms with Crippen molar-refractivity contribution in [2.24, 2.45) is 0 Å². The van der Waals surface area contributed by atoms with Crippen LogP contribution in [0.2, 0.25) is 0 Å². The summed E-state index contributed by atoms with van der Waals surface area (Å²) < 4.78 is 24.2. The number of aryl methyl sites for hydroxylation is 1. The van der Waals surface area contributed by atoms with Gasteiger partial charge in [-0.2, -0.15) is 0 Å². The van der Waals surface area contributed by atoms with Gasteiger partial charge in [-0.1, -0.05) is 24.3 Å². The number of piperazine rings is 1. The van der Waals surface area contributed by atoms with E-state index < -0.39 is 41.1 Å². The third-order valence-electron chi connectivity index (χ3n) is 12.4. The van der Waals surface area contributed by atoms with Crippen molar-refractivity contribution in [1.29, 1.82) is 0 Å². The Morgan fingerprint density at radius 1 is 1.06 bits per heavy atom. The standard InChI is InChI=1S/C38H40N4O8S/c1-16-11-18-12-22-36(45)42-23-13-48-37(46)38(35-20(9-10-39-38)19-7-5-6-8-21(19)40-35)14-51-34(26-25(23)33-32(49-15-50-33)17(2)29(26)43)28(42)27(41(22)3)24(18)30(44)31(16)47-4/h5-8,11,22-23,27-28,34,36,39-40,43-45H,9-10,12-15H2,1-4H3/t22-,23-,27-,28?,34+,36-,38+/m0/s1. The molecule has 51 heavy (non-hydrogen) atoms. The molecule has 0 saturated carbocycles. The van der Waals surface area contributed by atoms with Gasteiger partial charge in [0.25, 0.3) is 0 Å². The molecule has 1 unspecified atom stereocenters. The van der Waals surface area contributed by atoms with Gasteiger partial charge >= 0.3 is 5.97 Å². The maximum Gasteiger partial charge on any atom is 0.333 e. The number of carbonyl (C=O) groups is 1. The van der Waals surface area contributed by atoms with Crippen LogP contribution >= 0.6 is 11.8 Å². The summed E-state index contributed by atoms with van der Waals surface area (Å²) >= 11 is 1.55. The summed E-state index contributed by atoms with van der Waals surface area (Å²) in [5.74, 6) is 1.44. The van der Waals surface area contributed by atoms with E-state index >= 15 is 0 Å². The molecular formula is C38H40N4O8S. The smallest absolute Gasteiger partial charge is 0.333 e. The zero-order valence-corrected chi connectivity index (χ0v) is 29.6. The van der Waals surface area contributed by atoms with Gasteiger partial charge in [0.05, 0.1) is 36.2 Å². The molecular weight excluding hydrogens is 673 g/mol. The number of methoxy groups -OCH3 is 1. The number of rotatable bonds is 1. The number of nitrogens with one attached hydrogen (secondary N) is 2. The van der Waals surface area contributed by atoms with Gasteiger partial charge in [0, 0.05) is 51.5 Å². The zero-order chi connectivity index (χ0) is 35.1. The molecule has 2 saturated heterocycles. The number of phenols is 2. The van der Waals surface area contributed by atoms with Crippen molar-refractivity contribution >= 4 is 28.6 Å². The highest BCUT2D eigenvalue weighted by Gasteiger charge is 2.61. The predicted molar refractivity (Wildman–Crippen MR) is 189 cm³/mol. The molecule has 12 nitrogen and oxygen atoms in total. The van der Waals surface area contributed by atoms with Gasteiger partial charge in [-0.15, -0.1) is 11.8 Å². The lowest BCUT2D eigenvalue weighted by atomic mass is 9.73. The number of likely N-dealkylation sites (N-methyl/N-ethyl adjacent to an activating group) is 1. The lowest BCUT2D eigenvalue weighted by Gasteiger charge is -2.62. The molecule has 4 bridgehead atoms. The summed E-state index contributed by atoms with van der Waals surface area (Å²) in [6.07, 6.45) is 0.276. The Bertz CT molecular complexity index is 2170. The van der Waals surface area contributed by atoms with E-state index in [1.807, 2.05) is 39.1 Å². The van der Waals surface area contributed by atoms with Gasteiger partial charge in [0.15, 0.2) is 28.5 Å². The Balaban J connectivity index is 1.22. The van der Waals surface area contributed by atoms with E-state index in [2.05, 4.69) is 32.2 Å². The summed E-state index contributed by atoms with van der Waals surface area (Å²) in [5.41, 5.74) is 6.10. The number of esters is 1. The number of fused-ring (bicyclic) bond motifs is 11. The maximum absolute atomic E-state index is 14.6. The number of hydrogen-bond donors (Lipinski definition) is 5. The highest BCUT2D eigenvalue weighted by Crippen LogP contribution is 2.64. The van der Waals surface area contributed by atoms with E-state index in [9.17, 15) is 20.1 Å². The molecule has 1 aromatic heterocycles. The number of thioether (sulfide) groups is 1. The van der Waals surface area contributed by atoms with Crippen LogP contribution in [0.25, 0.3) is 10.9 Å². The minimum atomic E-state index is -1.20. The number of nitrogens with zero attached hydrogens (tertiary/aromatic N) is 2. The van der Waals surface area contributed by atoms with Crippen molar-refractivity contribution in [3.8, 4) is 28.7 Å². The number of aromatic hydroxyl groups is 2. The molecule has 11 rings (SSSR count). The molecule has 8 heterocycles. The highest BCUT2D eigenvalue weighted by atomic mass is 32.2. The van der Waals surface area contributed by atoms with Gasteiger partial charge in [0.1, 0.15) is 18.6 Å². The number of H-pyrrole nitrogens is 1. The number of aromatic amines is 1. The van der Waals surface area contributed by atoms with Crippen molar-refractivity contribution in [2.45, 2.75) is 67.9 Å². The first-order valence-electron chi connectivity index (χ1n) is 17.5. The first kappa shape index (κ1) is 31.6. The number of benzene rings is 3. The lowest BCUT2D eigenvalue weighted by Crippen LogP contribution is -2.70. The third kappa shape index (κ3) is 3.98. The van der Waals surface area contributed by atoms with E-state index in [4.69, 9.17) is 18.9 Å². The summed E-state index contributed by atoms with van der Waals surface area (Å²) in [6.45, 7) is 4.21. The van der Waals surface area contributed by atoms with Crippen LogP contribution < -0.4 is 19.5 Å². The average molecular weight is 713 g/mol. The fourth-order valence-corrected chi connectivity index (χ4v) is 11.8. The summed E-state index contributed by atoms with van der Waals surface area (Å²) in [6, 6.07) is 8.24. The molecule has 3 aromatic carbocycles. The molecule has 4 aromatic rings. The molecule has 266 valence electrons. The highest BCUT2D eigenvalue weighted by molar-refractivity contribution is 7.99. The number of carbonyl (C=O) groups excluding carboxylic acids is 1. The molecule has 0 radical (unpaired) electrons. The number of aromatic nitrogens is 1. The van der Waals surface area contributed by atoms with E-state index in [-0.39, 0.29) is 36.7 Å². The van der Waals surface area contributed by atoms with Crippen molar-refractivity contribution in [2.75, 3.05) is 39.9 Å². The summed E-state index contributed by atoms with van der Waals surface area (Å²) in [4.78, 5) is 22.4. The van der Waals surface area contributed by atoms with Crippen LogP contribution in [0.3, 0.4) is 0 Å². The van der Waals surface area contributed by atoms with Crippen LogP contribution in [0.1, 0.15) is 62.0 Å². The number of hydrogen-bond acceptors (Lipinski definition) is 12. The summed E-state index contributed by atoms with van der Waals surface area (Å²) in [7, 11) is 3.55. The normalized spacial score (nSPS) is 30.8. The average Bonchev–Trinajstić information content (AvgIpc) is 3.77. The largest absolute Gasteiger partial charge is 0.507 e. The Hall–Kier alpha value is -4.14. The molecule has 13 heteroatoms. The molecule has 5 N–H and O–H groups in total. The van der Waals surface area contributed by atoms with Gasteiger partial charge in [0.2, 0.25) is 6.79 Å². The van der Waals surface area contributed by atoms with Crippen LogP contribution in [0.15, 0.2) is 30.3 Å². The fraction of sp³-hybridized carbons (Fsp3) is 0.447. The molecule has 7 aliphatic rings. The van der Waals surface area contributed by atoms with E-state index in [0.29, 0.717) is 46.9 Å². The Kier molecular flexibility index (Phi) is 6.77. The monoisotopic (exact) mass is 712 g/mol. The number of aliphatic hydroxyl groups excluding tert-OH is 1. The minimum absolute atomic E-state index is 0.00701. The SMILES string of the molecule is COc1c(C)cc2c(c1O)[C@H]1C3[C@@H]4SC[C@]5(NCCc6c5[nH]c5ccccc65)C(=O)OC[C@@H](c5c6c(c(C)c(O)c54)OCO6)N3[C@@H](O)[C@H](C2)N1C. The lowest BCUT2D eigenvalue weighted by molar-refractivity contribution is -0.186. The number of para-hydroxylation sites is 1. The zero-order valence-electron chi connectivity index (χ0n) is 28.8. The van der Waals surface area contributed by atoms with Crippen LogP contribution in [0.5, 0.6) is 28.7 Å². The molecule has 2 fully saturated rings. The molecule has 1 spiro atoms. The molecule has 0 amide bonds. The summed E-state index contributed by atoms with van der Waals surface area (Å²) in [5, 5.41) is 40.7. The Morgan fingerprint density at radius 3 is 2.69 bits per heavy atom. The maximum atomic E-state index is 14.6. The number of aliphatic hydroxyl groups is 1. The second-order valence-corrected chi connectivity index (χ2v) is 15.8. The van der Waals surface area contributed by atoms with Gasteiger partial charge in [-0.25, -0.2) is 4.79 Å². The second-order valence-electron chi connectivity index (χ2n) is 14.7. The molecule has 7 aliphatic heterocycles. The van der Waals surface area contributed by atoms with E-state index in [1.54, 1.807) is 18.9 Å². The van der Waals surface area contributed by atoms with Crippen LogP contribution in [-0.4, -0.2) is 94.2 Å². The van der Waals surface area contributed by atoms with Gasteiger partial charge in [-0.05, 0) is 56.5 Å². The van der Waals surface area contributed by atoms with Gasteiger partial charge < -0.3 is 39.3 Å². The first-order chi connectivity index (χ1) is 24.7. The Labute approximate surface area is 298 Å². The number of ether oxygens (including phenoxy) is 4. The van der Waals surface area contributed by atoms with Crippen LogP contribution in [0, 0.1) is 13.8 Å². The quantitative estimate of drug-likeness (QED) is 0.182. The van der Waals surface area contributed by atoms with Crippen molar-refractivity contribution in [3.63, 3.8) is 0 Å². The van der Waals surface area contributed by atoms with E-state index in [1.165, 1.54) is 0 Å². The van der Waals surface area contributed by atoms with Gasteiger partial charge in [-0.3, -0.25) is 15.1 Å². The first-order valence-corrected chi connectivity index (χ1v) is 18.6.